The van der Waals surface area contributed by atoms with Crippen molar-refractivity contribution in [2.45, 2.75) is 38.1 Å². The number of alkyl halides is 3. The van der Waals surface area contributed by atoms with Crippen LogP contribution in [0.4, 0.5) is 13.2 Å². The Hall–Kier alpha value is -1.96. The van der Waals surface area contributed by atoms with E-state index in [1.54, 1.807) is 12.1 Å². The Kier molecular flexibility index (Phi) is 6.30. The molecule has 0 amide bonds. The molecule has 1 fully saturated rings. The number of halogens is 3. The average Bonchev–Trinajstić information content (AvgIpc) is 3.25. The molecule has 8 heteroatoms. The molecule has 134 valence electrons. The lowest BCUT2D eigenvalue weighted by atomic mass is 10.1. The first-order valence-corrected chi connectivity index (χ1v) is 7.89. The van der Waals surface area contributed by atoms with Crippen molar-refractivity contribution in [1.29, 1.82) is 0 Å². The van der Waals surface area contributed by atoms with Gasteiger partial charge in [-0.25, -0.2) is 0 Å². The fourth-order valence-electron chi connectivity index (χ4n) is 2.45. The monoisotopic (exact) mass is 345 g/mol. The molecule has 0 aromatic heterocycles. The molecule has 0 aliphatic heterocycles. The number of hydrogen-bond acceptors (Lipinski definition) is 3. The molecule has 1 aliphatic carbocycles. The van der Waals surface area contributed by atoms with Gasteiger partial charge in [0.05, 0.1) is 0 Å². The molecule has 3 N–H and O–H groups in total. The van der Waals surface area contributed by atoms with E-state index in [0.717, 1.165) is 6.42 Å². The molecule has 2 atom stereocenters. The summed E-state index contributed by atoms with van der Waals surface area (Å²) < 4.78 is 46.6. The van der Waals surface area contributed by atoms with Crippen LogP contribution in [0.3, 0.4) is 0 Å². The van der Waals surface area contributed by atoms with Crippen molar-refractivity contribution >= 4 is 5.96 Å². The Balaban J connectivity index is 1.86. The Morgan fingerprint density at radius 2 is 2.12 bits per heavy atom. The summed E-state index contributed by atoms with van der Waals surface area (Å²) in [5, 5.41) is 3.03. The van der Waals surface area contributed by atoms with Crippen LogP contribution in [0.2, 0.25) is 0 Å². The van der Waals surface area contributed by atoms with E-state index in [0.29, 0.717) is 37.7 Å². The van der Waals surface area contributed by atoms with Gasteiger partial charge in [0, 0.05) is 31.7 Å². The second-order valence-corrected chi connectivity index (χ2v) is 5.50. The minimum Gasteiger partial charge on any atom is -0.405 e. The largest absolute Gasteiger partial charge is 0.573 e. The molecule has 0 saturated heterocycles. The summed E-state index contributed by atoms with van der Waals surface area (Å²) in [5.74, 6) is 0.0699. The van der Waals surface area contributed by atoms with Gasteiger partial charge < -0.3 is 20.5 Å². The lowest BCUT2D eigenvalue weighted by molar-refractivity contribution is -0.274. The van der Waals surface area contributed by atoms with Crippen LogP contribution in [0.25, 0.3) is 0 Å². The summed E-state index contributed by atoms with van der Waals surface area (Å²) >= 11 is 0. The van der Waals surface area contributed by atoms with Gasteiger partial charge in [-0.3, -0.25) is 4.99 Å². The summed E-state index contributed by atoms with van der Waals surface area (Å²) in [6, 6.07) is 6.15. The third kappa shape index (κ3) is 5.92. The molecule has 5 nitrogen and oxygen atoms in total. The van der Waals surface area contributed by atoms with E-state index in [1.807, 2.05) is 6.92 Å². The Morgan fingerprint density at radius 1 is 1.38 bits per heavy atom. The van der Waals surface area contributed by atoms with Gasteiger partial charge in [0.2, 0.25) is 0 Å². The van der Waals surface area contributed by atoms with E-state index in [9.17, 15) is 13.2 Å². The molecule has 1 saturated carbocycles. The van der Waals surface area contributed by atoms with E-state index in [4.69, 9.17) is 10.5 Å². The fraction of sp³-hybridized carbons (Fsp3) is 0.562. The molecule has 0 bridgehead atoms. The van der Waals surface area contributed by atoms with Crippen LogP contribution >= 0.6 is 0 Å². The van der Waals surface area contributed by atoms with E-state index in [-0.39, 0.29) is 17.7 Å². The van der Waals surface area contributed by atoms with Crippen molar-refractivity contribution in [3.8, 4) is 5.75 Å². The van der Waals surface area contributed by atoms with Crippen molar-refractivity contribution in [2.75, 3.05) is 19.8 Å². The highest BCUT2D eigenvalue weighted by atomic mass is 19.4. The number of guanidine groups is 1. The van der Waals surface area contributed by atoms with E-state index >= 15 is 0 Å². The normalized spacial score (nSPS) is 20.8. The summed E-state index contributed by atoms with van der Waals surface area (Å²) in [7, 11) is 0. The second kappa shape index (κ2) is 8.23. The molecule has 0 heterocycles. The summed E-state index contributed by atoms with van der Waals surface area (Å²) in [6.45, 7) is 3.76. The summed E-state index contributed by atoms with van der Waals surface area (Å²) in [5.41, 5.74) is 6.32. The van der Waals surface area contributed by atoms with Crippen LogP contribution in [0.15, 0.2) is 29.3 Å². The first-order valence-electron chi connectivity index (χ1n) is 7.89. The Labute approximate surface area is 139 Å². The Bertz CT molecular complexity index is 564. The maximum atomic E-state index is 12.5. The predicted octanol–water partition coefficient (Wildman–Crippen LogP) is 2.77. The standard InChI is InChI=1S/C16H22F3N3O2/c1-2-23-9-5-8-21-15(20)22-13-10-12(13)11-6-3-4-7-14(11)24-16(17,18)19/h3-4,6-7,12-13H,2,5,8-10H2,1H3,(H3,20,21,22). The first kappa shape index (κ1) is 18.4. The smallest absolute Gasteiger partial charge is 0.405 e. The van der Waals surface area contributed by atoms with Gasteiger partial charge in [0.15, 0.2) is 5.96 Å². The minimum atomic E-state index is -4.70. The van der Waals surface area contributed by atoms with Crippen LogP contribution in [0.5, 0.6) is 5.75 Å². The number of benzene rings is 1. The summed E-state index contributed by atoms with van der Waals surface area (Å²) in [6.07, 6.45) is -3.24. The van der Waals surface area contributed by atoms with Gasteiger partial charge in [0.1, 0.15) is 5.75 Å². The molecule has 0 spiro atoms. The van der Waals surface area contributed by atoms with Gasteiger partial charge >= 0.3 is 6.36 Å². The van der Waals surface area contributed by atoms with Crippen molar-refractivity contribution < 1.29 is 22.6 Å². The molecule has 1 aliphatic rings. The zero-order valence-corrected chi connectivity index (χ0v) is 13.5. The van der Waals surface area contributed by atoms with Gasteiger partial charge in [-0.2, -0.15) is 0 Å². The lowest BCUT2D eigenvalue weighted by Gasteiger charge is -2.13. The SMILES string of the molecule is CCOCCCN=C(N)NC1CC1c1ccccc1OC(F)(F)F. The fourth-order valence-corrected chi connectivity index (χ4v) is 2.45. The molecular formula is C16H22F3N3O2. The number of rotatable bonds is 8. The van der Waals surface area contributed by atoms with Crippen molar-refractivity contribution in [3.05, 3.63) is 29.8 Å². The maximum absolute atomic E-state index is 12.5. The molecule has 24 heavy (non-hydrogen) atoms. The lowest BCUT2D eigenvalue weighted by Crippen LogP contribution is -2.34. The molecule has 1 aromatic rings. The minimum absolute atomic E-state index is 0.0291. The van der Waals surface area contributed by atoms with Gasteiger partial charge in [-0.15, -0.1) is 13.2 Å². The topological polar surface area (TPSA) is 68.9 Å². The number of ether oxygens (including phenoxy) is 2. The third-order valence-corrected chi connectivity index (χ3v) is 3.60. The molecule has 1 aromatic carbocycles. The zero-order valence-electron chi connectivity index (χ0n) is 13.5. The van der Waals surface area contributed by atoms with Gasteiger partial charge in [-0.05, 0) is 31.4 Å². The van der Waals surface area contributed by atoms with Gasteiger partial charge in [0.25, 0.3) is 0 Å². The second-order valence-electron chi connectivity index (χ2n) is 5.50. The van der Waals surface area contributed by atoms with Gasteiger partial charge in [-0.1, -0.05) is 18.2 Å². The molecule has 2 rings (SSSR count). The molecule has 2 unspecified atom stereocenters. The third-order valence-electron chi connectivity index (χ3n) is 3.60. The van der Waals surface area contributed by atoms with Crippen molar-refractivity contribution in [1.82, 2.24) is 5.32 Å². The molecular weight excluding hydrogens is 323 g/mol. The number of nitrogens with zero attached hydrogens (tertiary/aromatic N) is 1. The van der Waals surface area contributed by atoms with E-state index < -0.39 is 6.36 Å². The predicted molar refractivity (Wildman–Crippen MR) is 85.0 cm³/mol. The highest BCUT2D eigenvalue weighted by molar-refractivity contribution is 5.78. The number of aliphatic imine (C=N–C) groups is 1. The quantitative estimate of drug-likeness (QED) is 0.432. The summed E-state index contributed by atoms with van der Waals surface area (Å²) in [4.78, 5) is 4.18. The highest BCUT2D eigenvalue weighted by Crippen LogP contribution is 2.45. The van der Waals surface area contributed by atoms with Crippen molar-refractivity contribution in [2.24, 2.45) is 10.7 Å². The highest BCUT2D eigenvalue weighted by Gasteiger charge is 2.42. The number of nitrogens with two attached hydrogens (primary N) is 1. The average molecular weight is 345 g/mol. The van der Waals surface area contributed by atoms with Crippen molar-refractivity contribution in [3.63, 3.8) is 0 Å². The first-order chi connectivity index (χ1) is 11.4. The number of nitrogens with one attached hydrogen (secondary N) is 1. The van der Waals surface area contributed by atoms with Crippen LogP contribution in [0.1, 0.15) is 31.2 Å². The maximum Gasteiger partial charge on any atom is 0.573 e. The number of para-hydroxylation sites is 1. The Morgan fingerprint density at radius 3 is 2.83 bits per heavy atom. The molecule has 0 radical (unpaired) electrons. The number of hydrogen-bond donors (Lipinski definition) is 2. The van der Waals surface area contributed by atoms with Crippen LogP contribution in [0, 0.1) is 0 Å². The van der Waals surface area contributed by atoms with Crippen LogP contribution < -0.4 is 15.8 Å². The van der Waals surface area contributed by atoms with Crippen LogP contribution in [-0.4, -0.2) is 38.1 Å². The van der Waals surface area contributed by atoms with Crippen LogP contribution in [-0.2, 0) is 4.74 Å². The van der Waals surface area contributed by atoms with E-state index in [1.165, 1.54) is 12.1 Å². The zero-order chi connectivity index (χ0) is 17.6. The van der Waals surface area contributed by atoms with E-state index in [2.05, 4.69) is 15.0 Å².